The molecule has 1 unspecified atom stereocenters. The van der Waals surface area contributed by atoms with Crippen molar-refractivity contribution in [3.05, 3.63) is 23.4 Å². The van der Waals surface area contributed by atoms with Crippen LogP contribution in [0, 0.1) is 0 Å². The third-order valence-corrected chi connectivity index (χ3v) is 4.42. The molecule has 1 aromatic heterocycles. The highest BCUT2D eigenvalue weighted by Crippen LogP contribution is 2.11. The van der Waals surface area contributed by atoms with E-state index in [-0.39, 0.29) is 0 Å². The molecule has 5 heteroatoms. The van der Waals surface area contributed by atoms with Gasteiger partial charge < -0.3 is 4.90 Å². The topological polar surface area (TPSA) is 33.2 Å². The molecule has 0 bridgehead atoms. The lowest BCUT2D eigenvalue weighted by Gasteiger charge is -2.25. The zero-order chi connectivity index (χ0) is 12.1. The van der Waals surface area contributed by atoms with Crippen molar-refractivity contribution in [2.45, 2.75) is 24.3 Å². The van der Waals surface area contributed by atoms with E-state index in [0.29, 0.717) is 15.9 Å². The fourth-order valence-electron chi connectivity index (χ4n) is 2.02. The van der Waals surface area contributed by atoms with Gasteiger partial charge in [0.05, 0.1) is 10.8 Å². The summed E-state index contributed by atoms with van der Waals surface area (Å²) < 4.78 is 12.0. The molecular formula is C12H17ClN2OS. The Hall–Kier alpha value is -0.450. The molecule has 0 aromatic carbocycles. The average molecular weight is 273 g/mol. The van der Waals surface area contributed by atoms with Crippen molar-refractivity contribution in [3.63, 3.8) is 0 Å². The largest absolute Gasteiger partial charge is 0.302 e. The van der Waals surface area contributed by atoms with Crippen LogP contribution in [0.1, 0.15) is 19.3 Å². The first kappa shape index (κ1) is 13.0. The fourth-order valence-corrected chi connectivity index (χ4v) is 3.29. The van der Waals surface area contributed by atoms with Crippen LogP contribution in [0.5, 0.6) is 0 Å². The molecule has 0 N–H and O–H groups in total. The molecule has 2 heterocycles. The van der Waals surface area contributed by atoms with Crippen molar-refractivity contribution in [2.75, 3.05) is 25.4 Å². The van der Waals surface area contributed by atoms with E-state index in [1.54, 1.807) is 18.2 Å². The normalized spacial score (nSPS) is 19.1. The monoisotopic (exact) mass is 272 g/mol. The number of piperidine rings is 1. The summed E-state index contributed by atoms with van der Waals surface area (Å²) in [6, 6.07) is 5.27. The SMILES string of the molecule is O=S(CCN1CCCCC1)c1cccc(Cl)n1. The van der Waals surface area contributed by atoms with Gasteiger partial charge in [0.1, 0.15) is 10.2 Å². The Morgan fingerprint density at radius 1 is 1.29 bits per heavy atom. The van der Waals surface area contributed by atoms with Gasteiger partial charge >= 0.3 is 0 Å². The second-order valence-electron chi connectivity index (χ2n) is 4.25. The molecule has 1 aliphatic heterocycles. The van der Waals surface area contributed by atoms with Crippen molar-refractivity contribution >= 4 is 22.4 Å². The average Bonchev–Trinajstić information content (AvgIpc) is 2.37. The standard InChI is InChI=1S/C12H17ClN2OS/c13-11-5-4-6-12(14-11)17(16)10-9-15-7-2-1-3-8-15/h4-6H,1-3,7-10H2. The molecule has 1 aliphatic rings. The van der Waals surface area contributed by atoms with E-state index in [4.69, 9.17) is 11.6 Å². The van der Waals surface area contributed by atoms with Gasteiger partial charge in [-0.05, 0) is 38.1 Å². The highest BCUT2D eigenvalue weighted by Gasteiger charge is 2.12. The lowest BCUT2D eigenvalue weighted by atomic mass is 10.1. The molecular weight excluding hydrogens is 256 g/mol. The second kappa shape index (κ2) is 6.47. The zero-order valence-corrected chi connectivity index (χ0v) is 11.3. The summed E-state index contributed by atoms with van der Waals surface area (Å²) in [4.78, 5) is 6.46. The van der Waals surface area contributed by atoms with Gasteiger partial charge in [-0.25, -0.2) is 4.98 Å². The van der Waals surface area contributed by atoms with Crippen LogP contribution in [-0.4, -0.2) is 39.5 Å². The molecule has 1 saturated heterocycles. The Bertz CT molecular complexity index is 394. The Morgan fingerprint density at radius 2 is 2.06 bits per heavy atom. The number of halogens is 1. The maximum atomic E-state index is 12.0. The quantitative estimate of drug-likeness (QED) is 0.789. The minimum Gasteiger partial charge on any atom is -0.302 e. The van der Waals surface area contributed by atoms with Gasteiger partial charge in [0.25, 0.3) is 0 Å². The van der Waals surface area contributed by atoms with Gasteiger partial charge in [-0.2, -0.15) is 0 Å². The predicted molar refractivity (Wildman–Crippen MR) is 70.8 cm³/mol. The molecule has 3 nitrogen and oxygen atoms in total. The van der Waals surface area contributed by atoms with E-state index in [9.17, 15) is 4.21 Å². The first-order valence-electron chi connectivity index (χ1n) is 5.99. The van der Waals surface area contributed by atoms with Crippen LogP contribution in [0.4, 0.5) is 0 Å². The van der Waals surface area contributed by atoms with Crippen molar-refractivity contribution in [1.82, 2.24) is 9.88 Å². The van der Waals surface area contributed by atoms with E-state index >= 15 is 0 Å². The van der Waals surface area contributed by atoms with Crippen LogP contribution < -0.4 is 0 Å². The van der Waals surface area contributed by atoms with E-state index < -0.39 is 10.8 Å². The Morgan fingerprint density at radius 3 is 2.76 bits per heavy atom. The van der Waals surface area contributed by atoms with Gasteiger partial charge in [0.2, 0.25) is 0 Å². The highest BCUT2D eigenvalue weighted by atomic mass is 35.5. The summed E-state index contributed by atoms with van der Waals surface area (Å²) >= 11 is 5.78. The summed E-state index contributed by atoms with van der Waals surface area (Å²) in [5.41, 5.74) is 0. The minimum atomic E-state index is -1.03. The van der Waals surface area contributed by atoms with Crippen molar-refractivity contribution < 1.29 is 4.21 Å². The molecule has 1 aromatic rings. The molecule has 0 saturated carbocycles. The van der Waals surface area contributed by atoms with Crippen LogP contribution in [0.25, 0.3) is 0 Å². The third-order valence-electron chi connectivity index (χ3n) is 2.96. The first-order chi connectivity index (χ1) is 8.25. The van der Waals surface area contributed by atoms with Gasteiger partial charge in [-0.15, -0.1) is 0 Å². The molecule has 0 spiro atoms. The first-order valence-corrected chi connectivity index (χ1v) is 7.69. The molecule has 17 heavy (non-hydrogen) atoms. The van der Waals surface area contributed by atoms with Crippen LogP contribution in [0.3, 0.4) is 0 Å². The molecule has 1 atom stereocenters. The molecule has 0 amide bonds. The Labute approximate surface area is 110 Å². The Kier molecular flexibility index (Phi) is 4.95. The summed E-state index contributed by atoms with van der Waals surface area (Å²) in [5, 5.41) is 1.00. The molecule has 2 rings (SSSR count). The van der Waals surface area contributed by atoms with Crippen LogP contribution in [-0.2, 0) is 10.8 Å². The highest BCUT2D eigenvalue weighted by molar-refractivity contribution is 7.85. The summed E-state index contributed by atoms with van der Waals surface area (Å²) in [6.45, 7) is 3.17. The number of nitrogens with zero attached hydrogens (tertiary/aromatic N) is 2. The van der Waals surface area contributed by atoms with Gasteiger partial charge in [-0.3, -0.25) is 4.21 Å². The van der Waals surface area contributed by atoms with E-state index in [2.05, 4.69) is 9.88 Å². The number of aromatic nitrogens is 1. The maximum Gasteiger partial charge on any atom is 0.130 e. The van der Waals surface area contributed by atoms with Crippen molar-refractivity contribution in [2.24, 2.45) is 0 Å². The zero-order valence-electron chi connectivity index (χ0n) is 9.77. The molecule has 0 aliphatic carbocycles. The van der Waals surface area contributed by atoms with Gasteiger partial charge in [-0.1, -0.05) is 24.1 Å². The molecule has 94 valence electrons. The summed E-state index contributed by atoms with van der Waals surface area (Å²) in [7, 11) is -1.03. The van der Waals surface area contributed by atoms with Gasteiger partial charge in [0.15, 0.2) is 0 Å². The Balaban J connectivity index is 1.84. The van der Waals surface area contributed by atoms with E-state index in [1.165, 1.54) is 19.3 Å². The summed E-state index contributed by atoms with van der Waals surface area (Å²) in [6.07, 6.45) is 3.86. The smallest absolute Gasteiger partial charge is 0.130 e. The fraction of sp³-hybridized carbons (Fsp3) is 0.583. The van der Waals surface area contributed by atoms with E-state index in [1.807, 2.05) is 0 Å². The van der Waals surface area contributed by atoms with Crippen LogP contribution >= 0.6 is 11.6 Å². The van der Waals surface area contributed by atoms with Crippen LogP contribution in [0.2, 0.25) is 5.15 Å². The lowest BCUT2D eigenvalue weighted by molar-refractivity contribution is 0.241. The second-order valence-corrected chi connectivity index (χ2v) is 6.16. The minimum absolute atomic E-state index is 0.411. The van der Waals surface area contributed by atoms with Crippen LogP contribution in [0.15, 0.2) is 23.2 Å². The lowest BCUT2D eigenvalue weighted by Crippen LogP contribution is -2.33. The number of pyridine rings is 1. The predicted octanol–water partition coefficient (Wildman–Crippen LogP) is 2.33. The maximum absolute atomic E-state index is 12.0. The number of rotatable bonds is 4. The number of hydrogen-bond donors (Lipinski definition) is 0. The number of likely N-dealkylation sites (tertiary alicyclic amines) is 1. The van der Waals surface area contributed by atoms with Crippen molar-refractivity contribution in [1.29, 1.82) is 0 Å². The van der Waals surface area contributed by atoms with E-state index in [0.717, 1.165) is 19.6 Å². The summed E-state index contributed by atoms with van der Waals surface area (Å²) in [5.74, 6) is 0.646. The van der Waals surface area contributed by atoms with Crippen molar-refractivity contribution in [3.8, 4) is 0 Å². The third kappa shape index (κ3) is 4.05. The number of hydrogen-bond acceptors (Lipinski definition) is 3. The van der Waals surface area contributed by atoms with Gasteiger partial charge in [0, 0.05) is 12.3 Å². The molecule has 0 radical (unpaired) electrons. The molecule has 1 fully saturated rings.